The Morgan fingerprint density at radius 1 is 1.00 bits per heavy atom. The van der Waals surface area contributed by atoms with Crippen molar-refractivity contribution in [2.24, 2.45) is 0 Å². The lowest BCUT2D eigenvalue weighted by molar-refractivity contribution is -0.121. The van der Waals surface area contributed by atoms with Crippen molar-refractivity contribution in [3.8, 4) is 11.4 Å². The van der Waals surface area contributed by atoms with E-state index in [1.165, 1.54) is 5.56 Å². The van der Waals surface area contributed by atoms with Gasteiger partial charge in [0.05, 0.1) is 12.8 Å². The molecule has 1 amide bonds. The number of hydrogen-bond acceptors (Lipinski definition) is 5. The maximum Gasteiger partial charge on any atom is 0.220 e. The molecule has 0 saturated heterocycles. The van der Waals surface area contributed by atoms with E-state index in [0.717, 1.165) is 40.2 Å². The van der Waals surface area contributed by atoms with Crippen LogP contribution in [0.15, 0.2) is 84.0 Å². The lowest BCUT2D eigenvalue weighted by atomic mass is 10.2. The SMILES string of the molecule is COc1ccccc1CNC(=O)CCCc1nnc(SCCc2ccccc2)n1-c1cccc(Cl)c1. The van der Waals surface area contributed by atoms with Crippen molar-refractivity contribution in [3.05, 3.63) is 101 Å². The van der Waals surface area contributed by atoms with E-state index in [2.05, 4.69) is 39.8 Å². The monoisotopic (exact) mass is 520 g/mol. The van der Waals surface area contributed by atoms with Gasteiger partial charge < -0.3 is 10.1 Å². The Morgan fingerprint density at radius 3 is 2.61 bits per heavy atom. The second-order valence-corrected chi connectivity index (χ2v) is 9.74. The lowest BCUT2D eigenvalue weighted by Gasteiger charge is -2.11. The lowest BCUT2D eigenvalue weighted by Crippen LogP contribution is -2.23. The number of para-hydroxylation sites is 1. The van der Waals surface area contributed by atoms with Crippen LogP contribution >= 0.6 is 23.4 Å². The highest BCUT2D eigenvalue weighted by Crippen LogP contribution is 2.25. The van der Waals surface area contributed by atoms with Crippen LogP contribution in [-0.2, 0) is 24.2 Å². The zero-order chi connectivity index (χ0) is 25.2. The number of carbonyl (C=O) groups excluding carboxylic acids is 1. The second kappa shape index (κ2) is 13.1. The van der Waals surface area contributed by atoms with Crippen molar-refractivity contribution in [1.29, 1.82) is 0 Å². The molecule has 6 nitrogen and oxygen atoms in total. The number of halogens is 1. The highest BCUT2D eigenvalue weighted by Gasteiger charge is 2.15. The first-order valence-corrected chi connectivity index (χ1v) is 13.3. The summed E-state index contributed by atoms with van der Waals surface area (Å²) in [6.45, 7) is 0.434. The number of methoxy groups -OCH3 is 1. The molecule has 3 aromatic carbocycles. The molecule has 0 saturated carbocycles. The van der Waals surface area contributed by atoms with Gasteiger partial charge in [0, 0.05) is 35.7 Å². The van der Waals surface area contributed by atoms with E-state index in [9.17, 15) is 4.79 Å². The summed E-state index contributed by atoms with van der Waals surface area (Å²) in [7, 11) is 1.63. The third kappa shape index (κ3) is 7.12. The highest BCUT2D eigenvalue weighted by molar-refractivity contribution is 7.99. The summed E-state index contributed by atoms with van der Waals surface area (Å²) in [4.78, 5) is 12.5. The quantitative estimate of drug-likeness (QED) is 0.235. The normalized spacial score (nSPS) is 10.8. The molecular weight excluding hydrogens is 492 g/mol. The summed E-state index contributed by atoms with van der Waals surface area (Å²) < 4.78 is 7.40. The van der Waals surface area contributed by atoms with Gasteiger partial charge in [0.15, 0.2) is 5.16 Å². The molecule has 36 heavy (non-hydrogen) atoms. The van der Waals surface area contributed by atoms with E-state index < -0.39 is 0 Å². The summed E-state index contributed by atoms with van der Waals surface area (Å²) >= 11 is 7.95. The number of hydrogen-bond donors (Lipinski definition) is 1. The second-order valence-electron chi connectivity index (χ2n) is 8.24. The van der Waals surface area contributed by atoms with Gasteiger partial charge >= 0.3 is 0 Å². The van der Waals surface area contributed by atoms with Crippen LogP contribution in [0.5, 0.6) is 5.75 Å². The number of aryl methyl sites for hydroxylation is 2. The Kier molecular flexibility index (Phi) is 9.41. The van der Waals surface area contributed by atoms with Crippen LogP contribution in [0.4, 0.5) is 0 Å². The number of carbonyl (C=O) groups is 1. The van der Waals surface area contributed by atoms with Crippen molar-refractivity contribution in [3.63, 3.8) is 0 Å². The average Bonchev–Trinajstić information content (AvgIpc) is 3.30. The smallest absolute Gasteiger partial charge is 0.220 e. The van der Waals surface area contributed by atoms with Crippen molar-refractivity contribution in [1.82, 2.24) is 20.1 Å². The fourth-order valence-corrected chi connectivity index (χ4v) is 5.02. The van der Waals surface area contributed by atoms with Gasteiger partial charge in [0.2, 0.25) is 5.91 Å². The van der Waals surface area contributed by atoms with Gasteiger partial charge in [-0.25, -0.2) is 0 Å². The zero-order valence-corrected chi connectivity index (χ0v) is 21.8. The summed E-state index contributed by atoms with van der Waals surface area (Å²) in [6, 6.07) is 25.8. The van der Waals surface area contributed by atoms with E-state index in [1.807, 2.05) is 59.2 Å². The van der Waals surface area contributed by atoms with E-state index in [4.69, 9.17) is 16.3 Å². The van der Waals surface area contributed by atoms with Crippen LogP contribution < -0.4 is 10.1 Å². The maximum atomic E-state index is 12.5. The first-order chi connectivity index (χ1) is 17.6. The Labute approximate surface area is 221 Å². The van der Waals surface area contributed by atoms with Gasteiger partial charge in [-0.05, 0) is 42.7 Å². The number of ether oxygens (including phenoxy) is 1. The Balaban J connectivity index is 1.37. The number of thioether (sulfide) groups is 1. The molecule has 0 aliphatic carbocycles. The molecule has 4 aromatic rings. The van der Waals surface area contributed by atoms with Crippen molar-refractivity contribution in [2.75, 3.05) is 12.9 Å². The zero-order valence-electron chi connectivity index (χ0n) is 20.2. The minimum atomic E-state index is -0.00723. The number of amides is 1. The summed E-state index contributed by atoms with van der Waals surface area (Å²) in [5.74, 6) is 2.46. The topological polar surface area (TPSA) is 69.0 Å². The van der Waals surface area contributed by atoms with Gasteiger partial charge in [-0.3, -0.25) is 9.36 Å². The number of nitrogens with zero attached hydrogens (tertiary/aromatic N) is 3. The van der Waals surface area contributed by atoms with E-state index in [0.29, 0.717) is 30.8 Å². The van der Waals surface area contributed by atoms with Gasteiger partial charge in [0.1, 0.15) is 11.6 Å². The summed E-state index contributed by atoms with van der Waals surface area (Å²) in [5.41, 5.74) is 3.16. The van der Waals surface area contributed by atoms with Crippen molar-refractivity contribution < 1.29 is 9.53 Å². The van der Waals surface area contributed by atoms with Crippen molar-refractivity contribution in [2.45, 2.75) is 37.4 Å². The van der Waals surface area contributed by atoms with Crippen LogP contribution in [-0.4, -0.2) is 33.5 Å². The van der Waals surface area contributed by atoms with Crippen LogP contribution in [0.1, 0.15) is 29.8 Å². The fourth-order valence-electron chi connectivity index (χ4n) is 3.87. The predicted octanol–water partition coefficient (Wildman–Crippen LogP) is 5.90. The molecule has 0 aliphatic rings. The predicted molar refractivity (Wildman–Crippen MR) is 145 cm³/mol. The number of nitrogens with one attached hydrogen (secondary N) is 1. The molecule has 1 N–H and O–H groups in total. The Bertz CT molecular complexity index is 1280. The molecule has 186 valence electrons. The number of rotatable bonds is 12. The molecule has 8 heteroatoms. The van der Waals surface area contributed by atoms with Crippen LogP contribution in [0.3, 0.4) is 0 Å². The van der Waals surface area contributed by atoms with Gasteiger partial charge in [-0.15, -0.1) is 10.2 Å². The van der Waals surface area contributed by atoms with Crippen LogP contribution in [0.25, 0.3) is 5.69 Å². The van der Waals surface area contributed by atoms with Crippen molar-refractivity contribution >= 4 is 29.3 Å². The number of aromatic nitrogens is 3. The molecule has 0 bridgehead atoms. The number of benzene rings is 3. The molecule has 0 radical (unpaired) electrons. The molecule has 0 unspecified atom stereocenters. The Morgan fingerprint density at radius 2 is 1.81 bits per heavy atom. The highest BCUT2D eigenvalue weighted by atomic mass is 35.5. The summed E-state index contributed by atoms with van der Waals surface area (Å²) in [6.07, 6.45) is 2.62. The standard InChI is InChI=1S/C28H29ClN4O2S/c1-35-25-14-6-5-11-22(25)20-30-27(34)16-8-15-26-31-32-28(33(26)24-13-7-12-23(29)19-24)36-18-17-21-9-3-2-4-10-21/h2-7,9-14,19H,8,15-18,20H2,1H3,(H,30,34). The molecule has 1 heterocycles. The maximum absolute atomic E-state index is 12.5. The fraction of sp³-hybridized carbons (Fsp3) is 0.250. The molecule has 0 atom stereocenters. The summed E-state index contributed by atoms with van der Waals surface area (Å²) in [5, 5.41) is 13.4. The van der Waals surface area contributed by atoms with E-state index in [-0.39, 0.29) is 5.91 Å². The average molecular weight is 521 g/mol. The molecule has 0 aliphatic heterocycles. The first kappa shape index (κ1) is 25.8. The molecular formula is C28H29ClN4O2S. The van der Waals surface area contributed by atoms with Gasteiger partial charge in [0.25, 0.3) is 0 Å². The Hall–Kier alpha value is -3.29. The van der Waals surface area contributed by atoms with E-state index in [1.54, 1.807) is 18.9 Å². The van der Waals surface area contributed by atoms with Crippen LogP contribution in [0, 0.1) is 0 Å². The third-order valence-electron chi connectivity index (χ3n) is 5.70. The first-order valence-electron chi connectivity index (χ1n) is 11.9. The molecule has 0 spiro atoms. The molecule has 0 fully saturated rings. The third-order valence-corrected chi connectivity index (χ3v) is 6.87. The van der Waals surface area contributed by atoms with Crippen LogP contribution in [0.2, 0.25) is 5.02 Å². The van der Waals surface area contributed by atoms with Gasteiger partial charge in [-0.2, -0.15) is 0 Å². The van der Waals surface area contributed by atoms with Gasteiger partial charge in [-0.1, -0.05) is 78.0 Å². The minimum absolute atomic E-state index is 0.00723. The van der Waals surface area contributed by atoms with E-state index >= 15 is 0 Å². The molecule has 4 rings (SSSR count). The largest absolute Gasteiger partial charge is 0.496 e. The minimum Gasteiger partial charge on any atom is -0.496 e. The molecule has 1 aromatic heterocycles.